The highest BCUT2D eigenvalue weighted by molar-refractivity contribution is 7.14. The Morgan fingerprint density at radius 3 is 2.71 bits per heavy atom. The van der Waals surface area contributed by atoms with Crippen molar-refractivity contribution in [3.05, 3.63) is 21.4 Å². The first-order valence-corrected chi connectivity index (χ1v) is 6.34. The van der Waals surface area contributed by atoms with Crippen LogP contribution in [0.4, 0.5) is 0 Å². The topological polar surface area (TPSA) is 55.4 Å². The molecule has 4 nitrogen and oxygen atoms in total. The van der Waals surface area contributed by atoms with Crippen molar-refractivity contribution in [1.82, 2.24) is 5.32 Å². The van der Waals surface area contributed by atoms with Crippen molar-refractivity contribution in [3.63, 3.8) is 0 Å². The van der Waals surface area contributed by atoms with E-state index in [1.54, 1.807) is 0 Å². The number of methoxy groups -OCH3 is 1. The molecule has 1 aromatic heterocycles. The first-order chi connectivity index (χ1) is 8.08. The van der Waals surface area contributed by atoms with Gasteiger partial charge in [-0.3, -0.25) is 9.59 Å². The van der Waals surface area contributed by atoms with Crippen LogP contribution in [-0.2, 0) is 16.0 Å². The number of hydrogen-bond acceptors (Lipinski definition) is 4. The average molecular weight is 255 g/mol. The predicted molar refractivity (Wildman–Crippen MR) is 67.4 cm³/mol. The lowest BCUT2D eigenvalue weighted by atomic mass is 10.2. The number of hydrogen-bond donors (Lipinski definition) is 1. The molecule has 0 aliphatic rings. The molecule has 0 radical (unpaired) electrons. The quantitative estimate of drug-likeness (QED) is 0.818. The molecular weight excluding hydrogens is 238 g/mol. The van der Waals surface area contributed by atoms with Gasteiger partial charge in [0.25, 0.3) is 5.91 Å². The maximum absolute atomic E-state index is 11.7. The van der Waals surface area contributed by atoms with Crippen molar-refractivity contribution < 1.29 is 14.3 Å². The summed E-state index contributed by atoms with van der Waals surface area (Å²) in [4.78, 5) is 24.5. The fourth-order valence-corrected chi connectivity index (χ4v) is 2.48. The van der Waals surface area contributed by atoms with E-state index in [0.29, 0.717) is 11.4 Å². The third-order valence-electron chi connectivity index (χ3n) is 2.47. The Kier molecular flexibility index (Phi) is 5.15. The van der Waals surface area contributed by atoms with Gasteiger partial charge in [0.2, 0.25) is 0 Å². The number of amides is 1. The van der Waals surface area contributed by atoms with Crippen LogP contribution in [0.15, 0.2) is 6.07 Å². The molecule has 1 aromatic rings. The standard InChI is InChI=1S/C12H17NO3S/c1-4-9-7-10(17-8(9)2)12(15)13-6-5-11(14)16-3/h7H,4-6H2,1-3H3,(H,13,15). The molecular formula is C12H17NO3S. The molecule has 0 fully saturated rings. The summed E-state index contributed by atoms with van der Waals surface area (Å²) in [5, 5.41) is 2.70. The molecule has 0 atom stereocenters. The zero-order valence-electron chi connectivity index (χ0n) is 10.3. The SMILES string of the molecule is CCc1cc(C(=O)NCCC(=O)OC)sc1C. The molecule has 0 saturated heterocycles. The molecule has 1 amide bonds. The summed E-state index contributed by atoms with van der Waals surface area (Å²) < 4.78 is 4.49. The summed E-state index contributed by atoms with van der Waals surface area (Å²) in [6.07, 6.45) is 1.13. The molecule has 0 saturated carbocycles. The Balaban J connectivity index is 2.49. The summed E-state index contributed by atoms with van der Waals surface area (Å²) in [6, 6.07) is 1.91. The number of carbonyl (C=O) groups is 2. The number of nitrogens with one attached hydrogen (secondary N) is 1. The minimum absolute atomic E-state index is 0.123. The summed E-state index contributed by atoms with van der Waals surface area (Å²) in [7, 11) is 1.33. The van der Waals surface area contributed by atoms with Gasteiger partial charge in [-0.1, -0.05) is 6.92 Å². The second-order valence-electron chi connectivity index (χ2n) is 3.63. The van der Waals surface area contributed by atoms with Gasteiger partial charge in [0.15, 0.2) is 0 Å². The number of thiophene rings is 1. The van der Waals surface area contributed by atoms with E-state index >= 15 is 0 Å². The second-order valence-corrected chi connectivity index (χ2v) is 4.88. The third-order valence-corrected chi connectivity index (χ3v) is 3.56. The van der Waals surface area contributed by atoms with Gasteiger partial charge >= 0.3 is 5.97 Å². The number of esters is 1. The van der Waals surface area contributed by atoms with E-state index in [2.05, 4.69) is 17.0 Å². The van der Waals surface area contributed by atoms with Gasteiger partial charge in [0.1, 0.15) is 0 Å². The largest absolute Gasteiger partial charge is 0.469 e. The molecule has 0 aliphatic heterocycles. The van der Waals surface area contributed by atoms with Gasteiger partial charge < -0.3 is 10.1 Å². The van der Waals surface area contributed by atoms with Crippen molar-refractivity contribution >= 4 is 23.2 Å². The van der Waals surface area contributed by atoms with E-state index in [1.807, 2.05) is 13.0 Å². The molecule has 1 N–H and O–H groups in total. The number of carbonyl (C=O) groups excluding carboxylic acids is 2. The molecule has 0 bridgehead atoms. The predicted octanol–water partition coefficient (Wildman–Crippen LogP) is 1.91. The van der Waals surface area contributed by atoms with Crippen LogP contribution in [0.1, 0.15) is 33.5 Å². The Bertz CT molecular complexity index is 412. The van der Waals surface area contributed by atoms with Crippen LogP contribution < -0.4 is 5.32 Å². The molecule has 1 heterocycles. The first kappa shape index (κ1) is 13.7. The summed E-state index contributed by atoms with van der Waals surface area (Å²) in [5.41, 5.74) is 1.20. The van der Waals surface area contributed by atoms with Crippen molar-refractivity contribution in [2.24, 2.45) is 0 Å². The van der Waals surface area contributed by atoms with Crippen LogP contribution in [0.3, 0.4) is 0 Å². The fourth-order valence-electron chi connectivity index (χ4n) is 1.45. The minimum Gasteiger partial charge on any atom is -0.469 e. The molecule has 0 aliphatic carbocycles. The normalized spacial score (nSPS) is 10.1. The van der Waals surface area contributed by atoms with Gasteiger partial charge in [0.05, 0.1) is 18.4 Å². The molecule has 1 rings (SSSR count). The molecule has 0 spiro atoms. The van der Waals surface area contributed by atoms with Gasteiger partial charge in [-0.15, -0.1) is 11.3 Å². The lowest BCUT2D eigenvalue weighted by Gasteiger charge is -2.01. The highest BCUT2D eigenvalue weighted by Crippen LogP contribution is 2.21. The van der Waals surface area contributed by atoms with Crippen LogP contribution in [0.25, 0.3) is 0 Å². The summed E-state index contributed by atoms with van der Waals surface area (Å²) in [6.45, 7) is 4.38. The number of rotatable bonds is 5. The summed E-state index contributed by atoms with van der Waals surface area (Å²) >= 11 is 1.48. The third kappa shape index (κ3) is 3.85. The van der Waals surface area contributed by atoms with Crippen molar-refractivity contribution in [2.75, 3.05) is 13.7 Å². The highest BCUT2D eigenvalue weighted by atomic mass is 32.1. The maximum atomic E-state index is 11.7. The van der Waals surface area contributed by atoms with E-state index in [1.165, 1.54) is 28.9 Å². The Labute approximate surface area is 105 Å². The lowest BCUT2D eigenvalue weighted by Crippen LogP contribution is -2.25. The molecule has 0 aromatic carbocycles. The molecule has 0 unspecified atom stereocenters. The van der Waals surface area contributed by atoms with E-state index in [0.717, 1.165) is 6.42 Å². The lowest BCUT2D eigenvalue weighted by molar-refractivity contribution is -0.140. The maximum Gasteiger partial charge on any atom is 0.307 e. The summed E-state index contributed by atoms with van der Waals surface area (Å²) in [5.74, 6) is -0.441. The Morgan fingerprint density at radius 2 is 2.18 bits per heavy atom. The fraction of sp³-hybridized carbons (Fsp3) is 0.500. The smallest absolute Gasteiger partial charge is 0.307 e. The Morgan fingerprint density at radius 1 is 1.47 bits per heavy atom. The van der Waals surface area contributed by atoms with Crippen LogP contribution in [-0.4, -0.2) is 25.5 Å². The molecule has 17 heavy (non-hydrogen) atoms. The average Bonchev–Trinajstić information content (AvgIpc) is 2.70. The van der Waals surface area contributed by atoms with Crippen LogP contribution in [0, 0.1) is 6.92 Å². The molecule has 5 heteroatoms. The second kappa shape index (κ2) is 6.39. The number of ether oxygens (including phenoxy) is 1. The van der Waals surface area contributed by atoms with Crippen LogP contribution in [0.2, 0.25) is 0 Å². The number of aryl methyl sites for hydroxylation is 2. The zero-order valence-corrected chi connectivity index (χ0v) is 11.1. The van der Waals surface area contributed by atoms with Crippen LogP contribution >= 0.6 is 11.3 Å². The monoisotopic (exact) mass is 255 g/mol. The highest BCUT2D eigenvalue weighted by Gasteiger charge is 2.11. The van der Waals surface area contributed by atoms with Gasteiger partial charge in [-0.2, -0.15) is 0 Å². The van der Waals surface area contributed by atoms with Crippen molar-refractivity contribution in [1.29, 1.82) is 0 Å². The molecule has 94 valence electrons. The van der Waals surface area contributed by atoms with E-state index in [-0.39, 0.29) is 18.3 Å². The van der Waals surface area contributed by atoms with Crippen LogP contribution in [0.5, 0.6) is 0 Å². The zero-order chi connectivity index (χ0) is 12.8. The van der Waals surface area contributed by atoms with E-state index in [9.17, 15) is 9.59 Å². The van der Waals surface area contributed by atoms with Gasteiger partial charge in [0, 0.05) is 11.4 Å². The minimum atomic E-state index is -0.318. The first-order valence-electron chi connectivity index (χ1n) is 5.52. The van der Waals surface area contributed by atoms with Crippen molar-refractivity contribution in [3.8, 4) is 0 Å². The Hall–Kier alpha value is -1.36. The van der Waals surface area contributed by atoms with Gasteiger partial charge in [-0.05, 0) is 25.0 Å². The van der Waals surface area contributed by atoms with Crippen molar-refractivity contribution in [2.45, 2.75) is 26.7 Å². The van der Waals surface area contributed by atoms with E-state index < -0.39 is 0 Å². The van der Waals surface area contributed by atoms with Gasteiger partial charge in [-0.25, -0.2) is 0 Å². The van der Waals surface area contributed by atoms with E-state index in [4.69, 9.17) is 0 Å².